The molecule has 0 spiro atoms. The molecule has 0 heterocycles. The van der Waals surface area contributed by atoms with Gasteiger partial charge in [-0.25, -0.2) is 0 Å². The van der Waals surface area contributed by atoms with E-state index in [-0.39, 0.29) is 5.91 Å². The Bertz CT molecular complexity index is 1040. The van der Waals surface area contributed by atoms with E-state index in [1.807, 2.05) is 36.4 Å². The Morgan fingerprint density at radius 1 is 1.03 bits per heavy atom. The highest BCUT2D eigenvalue weighted by molar-refractivity contribution is 5.79. The standard InChI is InChI=1S/C30H39N3O3/c1-32(21-18-25-16-17-28(35-2)29(22-25)36-3)19-7-20-33(27-9-4-5-10-27)30(34)11-6-8-24-12-14-26(23-31)15-13-24/h6,8,12-17,22,27H,4-5,7,9-11,18-21H2,1-3H3. The van der Waals surface area contributed by atoms with Crippen LogP contribution in [0.25, 0.3) is 6.08 Å². The number of amides is 1. The van der Waals surface area contributed by atoms with Crippen LogP contribution in [0.4, 0.5) is 0 Å². The monoisotopic (exact) mass is 489 g/mol. The van der Waals surface area contributed by atoms with Gasteiger partial charge in [0.25, 0.3) is 0 Å². The first-order valence-electron chi connectivity index (χ1n) is 12.9. The molecule has 6 heteroatoms. The van der Waals surface area contributed by atoms with Gasteiger partial charge < -0.3 is 19.3 Å². The van der Waals surface area contributed by atoms with E-state index in [1.165, 1.54) is 18.4 Å². The number of benzene rings is 2. The summed E-state index contributed by atoms with van der Waals surface area (Å²) in [6, 6.07) is 16.0. The zero-order valence-electron chi connectivity index (χ0n) is 21.9. The number of nitriles is 1. The highest BCUT2D eigenvalue weighted by atomic mass is 16.5. The molecule has 1 amide bonds. The Hall–Kier alpha value is -3.30. The third-order valence-electron chi connectivity index (χ3n) is 6.90. The van der Waals surface area contributed by atoms with Crippen LogP contribution >= 0.6 is 0 Å². The molecule has 1 aliphatic carbocycles. The molecule has 36 heavy (non-hydrogen) atoms. The van der Waals surface area contributed by atoms with Crippen molar-refractivity contribution in [1.82, 2.24) is 9.80 Å². The van der Waals surface area contributed by atoms with Gasteiger partial charge in [-0.3, -0.25) is 4.79 Å². The zero-order valence-corrected chi connectivity index (χ0v) is 21.9. The topological polar surface area (TPSA) is 65.8 Å². The van der Waals surface area contributed by atoms with Crippen molar-refractivity contribution in [1.29, 1.82) is 5.26 Å². The summed E-state index contributed by atoms with van der Waals surface area (Å²) < 4.78 is 10.7. The molecule has 192 valence electrons. The number of methoxy groups -OCH3 is 2. The zero-order chi connectivity index (χ0) is 25.8. The average molecular weight is 490 g/mol. The van der Waals surface area contributed by atoms with Crippen molar-refractivity contribution in [3.63, 3.8) is 0 Å². The molecule has 0 aliphatic heterocycles. The quantitative estimate of drug-likeness (QED) is 0.381. The second-order valence-corrected chi connectivity index (χ2v) is 9.46. The molecule has 0 aromatic heterocycles. The molecule has 2 aromatic rings. The Morgan fingerprint density at radius 2 is 1.75 bits per heavy atom. The number of hydrogen-bond donors (Lipinski definition) is 0. The molecule has 0 atom stereocenters. The molecule has 6 nitrogen and oxygen atoms in total. The summed E-state index contributed by atoms with van der Waals surface area (Å²) >= 11 is 0. The summed E-state index contributed by atoms with van der Waals surface area (Å²) in [5, 5.41) is 8.94. The van der Waals surface area contributed by atoms with Gasteiger partial charge in [-0.1, -0.05) is 43.2 Å². The first-order chi connectivity index (χ1) is 17.5. The minimum Gasteiger partial charge on any atom is -0.493 e. The maximum absolute atomic E-state index is 13.1. The van der Waals surface area contributed by atoms with Gasteiger partial charge >= 0.3 is 0 Å². The van der Waals surface area contributed by atoms with Crippen LogP contribution in [-0.4, -0.2) is 62.7 Å². The fourth-order valence-electron chi connectivity index (χ4n) is 4.79. The van der Waals surface area contributed by atoms with E-state index in [0.29, 0.717) is 18.0 Å². The Kier molecular flexibility index (Phi) is 10.8. The minimum absolute atomic E-state index is 0.208. The molecule has 0 unspecified atom stereocenters. The van der Waals surface area contributed by atoms with E-state index in [2.05, 4.69) is 29.0 Å². The molecule has 2 aromatic carbocycles. The fraction of sp³-hybridized carbons (Fsp3) is 0.467. The maximum atomic E-state index is 13.1. The summed E-state index contributed by atoms with van der Waals surface area (Å²) in [5.41, 5.74) is 2.87. The fourth-order valence-corrected chi connectivity index (χ4v) is 4.79. The second-order valence-electron chi connectivity index (χ2n) is 9.46. The third-order valence-corrected chi connectivity index (χ3v) is 6.90. The van der Waals surface area contributed by atoms with Crippen molar-refractivity contribution >= 4 is 12.0 Å². The first-order valence-corrected chi connectivity index (χ1v) is 12.9. The highest BCUT2D eigenvalue weighted by Gasteiger charge is 2.25. The molecular formula is C30H39N3O3. The number of ether oxygens (including phenoxy) is 2. The third kappa shape index (κ3) is 8.13. The van der Waals surface area contributed by atoms with Crippen molar-refractivity contribution in [2.24, 2.45) is 0 Å². The summed E-state index contributed by atoms with van der Waals surface area (Å²) in [7, 11) is 5.45. The SMILES string of the molecule is COc1ccc(CCN(C)CCCN(C(=O)CC=Cc2ccc(C#N)cc2)C2CCCC2)cc1OC. The van der Waals surface area contributed by atoms with Gasteiger partial charge in [0.2, 0.25) is 5.91 Å². The average Bonchev–Trinajstić information content (AvgIpc) is 3.44. The lowest BCUT2D eigenvalue weighted by molar-refractivity contribution is -0.132. The lowest BCUT2D eigenvalue weighted by Gasteiger charge is -2.29. The Morgan fingerprint density at radius 3 is 2.42 bits per heavy atom. The van der Waals surface area contributed by atoms with Gasteiger partial charge in [-0.15, -0.1) is 0 Å². The van der Waals surface area contributed by atoms with Gasteiger partial charge in [0.05, 0.1) is 25.9 Å². The molecule has 1 fully saturated rings. The molecule has 1 aliphatic rings. The van der Waals surface area contributed by atoms with Crippen molar-refractivity contribution in [3.05, 3.63) is 65.2 Å². The number of rotatable bonds is 13. The molecular weight excluding hydrogens is 450 g/mol. The van der Waals surface area contributed by atoms with Crippen LogP contribution in [0.15, 0.2) is 48.5 Å². The number of hydrogen-bond acceptors (Lipinski definition) is 5. The van der Waals surface area contributed by atoms with Crippen LogP contribution in [0.3, 0.4) is 0 Å². The van der Waals surface area contributed by atoms with E-state index in [0.717, 1.165) is 62.4 Å². The molecule has 0 N–H and O–H groups in total. The van der Waals surface area contributed by atoms with E-state index >= 15 is 0 Å². The predicted molar refractivity (Wildman–Crippen MR) is 144 cm³/mol. The molecule has 0 saturated heterocycles. The van der Waals surface area contributed by atoms with Crippen molar-refractivity contribution < 1.29 is 14.3 Å². The van der Waals surface area contributed by atoms with Gasteiger partial charge in [0.15, 0.2) is 11.5 Å². The molecule has 0 bridgehead atoms. The van der Waals surface area contributed by atoms with Crippen LogP contribution in [0, 0.1) is 11.3 Å². The van der Waals surface area contributed by atoms with Crippen LogP contribution in [0.5, 0.6) is 11.5 Å². The molecule has 1 saturated carbocycles. The largest absolute Gasteiger partial charge is 0.493 e. The van der Waals surface area contributed by atoms with Crippen LogP contribution in [0.1, 0.15) is 55.2 Å². The Balaban J connectivity index is 1.47. The van der Waals surface area contributed by atoms with Gasteiger partial charge in [0, 0.05) is 25.6 Å². The van der Waals surface area contributed by atoms with Gasteiger partial charge in [-0.2, -0.15) is 5.26 Å². The number of nitrogens with zero attached hydrogens (tertiary/aromatic N) is 3. The summed E-state index contributed by atoms with van der Waals surface area (Å²) in [6.45, 7) is 2.69. The molecule has 3 rings (SSSR count). The first kappa shape index (κ1) is 27.3. The molecule has 0 radical (unpaired) electrons. The van der Waals surface area contributed by atoms with Gasteiger partial charge in [-0.05, 0) is 74.7 Å². The van der Waals surface area contributed by atoms with Crippen LogP contribution in [0.2, 0.25) is 0 Å². The number of likely N-dealkylation sites (N-methyl/N-ethyl adjacent to an activating group) is 1. The van der Waals surface area contributed by atoms with Crippen molar-refractivity contribution in [2.45, 2.75) is 51.0 Å². The van der Waals surface area contributed by atoms with E-state index in [4.69, 9.17) is 14.7 Å². The predicted octanol–water partition coefficient (Wildman–Crippen LogP) is 5.31. The Labute approximate surface area is 216 Å². The van der Waals surface area contributed by atoms with Crippen molar-refractivity contribution in [3.8, 4) is 17.6 Å². The summed E-state index contributed by atoms with van der Waals surface area (Å²) in [5.74, 6) is 1.72. The highest BCUT2D eigenvalue weighted by Crippen LogP contribution is 2.28. The van der Waals surface area contributed by atoms with Crippen LogP contribution in [-0.2, 0) is 11.2 Å². The normalized spacial score (nSPS) is 13.8. The van der Waals surface area contributed by atoms with E-state index < -0.39 is 0 Å². The van der Waals surface area contributed by atoms with Crippen LogP contribution < -0.4 is 9.47 Å². The smallest absolute Gasteiger partial charge is 0.226 e. The summed E-state index contributed by atoms with van der Waals surface area (Å²) in [4.78, 5) is 17.6. The maximum Gasteiger partial charge on any atom is 0.226 e. The van der Waals surface area contributed by atoms with Gasteiger partial charge in [0.1, 0.15) is 0 Å². The van der Waals surface area contributed by atoms with E-state index in [1.54, 1.807) is 26.4 Å². The van der Waals surface area contributed by atoms with Crippen molar-refractivity contribution in [2.75, 3.05) is 40.9 Å². The minimum atomic E-state index is 0.208. The summed E-state index contributed by atoms with van der Waals surface area (Å²) in [6.07, 6.45) is 10.9. The number of carbonyl (C=O) groups is 1. The lowest BCUT2D eigenvalue weighted by Crippen LogP contribution is -2.40. The number of carbonyl (C=O) groups excluding carboxylic acids is 1. The van der Waals surface area contributed by atoms with E-state index in [9.17, 15) is 4.79 Å². The second kappa shape index (κ2) is 14.3. The lowest BCUT2D eigenvalue weighted by atomic mass is 10.1.